The molecule has 0 spiro atoms. The zero-order chi connectivity index (χ0) is 14.4. The summed E-state index contributed by atoms with van der Waals surface area (Å²) in [6, 6.07) is 0.477. The van der Waals surface area contributed by atoms with E-state index in [1.54, 1.807) is 0 Å². The Kier molecular flexibility index (Phi) is 6.01. The standard InChI is InChI=1S/C15H28N4O/c1-13(2)19-12-17-10-14(19)11-18-7-4-15(5-8-18)20-9-3-6-16/h10,12-13,15H,3-9,11,16H2,1-2H3. The lowest BCUT2D eigenvalue weighted by molar-refractivity contribution is 0.00517. The van der Waals surface area contributed by atoms with Gasteiger partial charge in [-0.2, -0.15) is 0 Å². The van der Waals surface area contributed by atoms with E-state index in [-0.39, 0.29) is 0 Å². The van der Waals surface area contributed by atoms with Crippen LogP contribution in [0.5, 0.6) is 0 Å². The third-order valence-electron chi connectivity index (χ3n) is 3.92. The first kappa shape index (κ1) is 15.5. The summed E-state index contributed by atoms with van der Waals surface area (Å²) in [6.07, 6.45) is 7.56. The molecule has 0 amide bonds. The van der Waals surface area contributed by atoms with Crippen molar-refractivity contribution in [3.63, 3.8) is 0 Å². The molecule has 0 saturated carbocycles. The summed E-state index contributed by atoms with van der Waals surface area (Å²) in [4.78, 5) is 6.77. The predicted molar refractivity (Wildman–Crippen MR) is 80.5 cm³/mol. The molecule has 0 aromatic carbocycles. The van der Waals surface area contributed by atoms with Gasteiger partial charge in [-0.05, 0) is 39.7 Å². The lowest BCUT2D eigenvalue weighted by Crippen LogP contribution is -2.37. The van der Waals surface area contributed by atoms with Crippen LogP contribution in [0, 0.1) is 0 Å². The first-order valence-electron chi connectivity index (χ1n) is 7.75. The molecule has 20 heavy (non-hydrogen) atoms. The smallest absolute Gasteiger partial charge is 0.0951 e. The van der Waals surface area contributed by atoms with Crippen molar-refractivity contribution >= 4 is 0 Å². The van der Waals surface area contributed by atoms with E-state index < -0.39 is 0 Å². The molecule has 0 radical (unpaired) electrons. The monoisotopic (exact) mass is 280 g/mol. The Labute approximate surface area is 122 Å². The molecule has 1 aromatic rings. The molecular formula is C15H28N4O. The van der Waals surface area contributed by atoms with E-state index in [4.69, 9.17) is 10.5 Å². The summed E-state index contributed by atoms with van der Waals surface area (Å²) in [6.45, 7) is 9.13. The normalized spacial score (nSPS) is 18.0. The highest BCUT2D eigenvalue weighted by Crippen LogP contribution is 2.17. The first-order chi connectivity index (χ1) is 9.70. The van der Waals surface area contributed by atoms with E-state index in [9.17, 15) is 0 Å². The van der Waals surface area contributed by atoms with Gasteiger partial charge in [-0.1, -0.05) is 0 Å². The Morgan fingerprint density at radius 2 is 2.15 bits per heavy atom. The highest BCUT2D eigenvalue weighted by Gasteiger charge is 2.20. The second kappa shape index (κ2) is 7.76. The Morgan fingerprint density at radius 3 is 2.80 bits per heavy atom. The van der Waals surface area contributed by atoms with Gasteiger partial charge in [0.2, 0.25) is 0 Å². The fourth-order valence-corrected chi connectivity index (χ4v) is 2.72. The maximum Gasteiger partial charge on any atom is 0.0951 e. The van der Waals surface area contributed by atoms with Crippen LogP contribution in [0.4, 0.5) is 0 Å². The Hall–Kier alpha value is -0.910. The third-order valence-corrected chi connectivity index (χ3v) is 3.92. The van der Waals surface area contributed by atoms with Crippen molar-refractivity contribution in [3.8, 4) is 0 Å². The second-order valence-corrected chi connectivity index (χ2v) is 5.87. The maximum absolute atomic E-state index is 5.84. The molecule has 0 bridgehead atoms. The average Bonchev–Trinajstić information content (AvgIpc) is 2.89. The number of rotatable bonds is 7. The Balaban J connectivity index is 1.75. The van der Waals surface area contributed by atoms with Crippen LogP contribution < -0.4 is 5.73 Å². The van der Waals surface area contributed by atoms with Crippen molar-refractivity contribution in [3.05, 3.63) is 18.2 Å². The molecule has 1 saturated heterocycles. The van der Waals surface area contributed by atoms with Gasteiger partial charge in [-0.25, -0.2) is 4.98 Å². The lowest BCUT2D eigenvalue weighted by atomic mass is 10.1. The molecule has 114 valence electrons. The topological polar surface area (TPSA) is 56.3 Å². The van der Waals surface area contributed by atoms with Crippen LogP contribution >= 0.6 is 0 Å². The van der Waals surface area contributed by atoms with Gasteiger partial charge in [-0.15, -0.1) is 0 Å². The van der Waals surface area contributed by atoms with Crippen molar-refractivity contribution in [1.82, 2.24) is 14.5 Å². The number of piperidine rings is 1. The van der Waals surface area contributed by atoms with Gasteiger partial charge in [-0.3, -0.25) is 4.90 Å². The minimum atomic E-state index is 0.424. The zero-order valence-electron chi connectivity index (χ0n) is 12.8. The van der Waals surface area contributed by atoms with Gasteiger partial charge >= 0.3 is 0 Å². The van der Waals surface area contributed by atoms with Crippen LogP contribution in [0.3, 0.4) is 0 Å². The van der Waals surface area contributed by atoms with Crippen LogP contribution in [-0.2, 0) is 11.3 Å². The molecule has 0 aliphatic carbocycles. The van der Waals surface area contributed by atoms with Gasteiger partial charge in [0.05, 0.1) is 18.1 Å². The summed E-state index contributed by atoms with van der Waals surface area (Å²) in [5.74, 6) is 0. The Bertz CT molecular complexity index is 383. The van der Waals surface area contributed by atoms with Crippen LogP contribution in [0.2, 0.25) is 0 Å². The van der Waals surface area contributed by atoms with Crippen molar-refractivity contribution in [1.29, 1.82) is 0 Å². The summed E-state index contributed by atoms with van der Waals surface area (Å²) >= 11 is 0. The number of nitrogens with two attached hydrogens (primary N) is 1. The maximum atomic E-state index is 5.84. The highest BCUT2D eigenvalue weighted by atomic mass is 16.5. The molecule has 2 N–H and O–H groups in total. The van der Waals surface area contributed by atoms with Crippen LogP contribution in [0.15, 0.2) is 12.5 Å². The minimum absolute atomic E-state index is 0.424. The van der Waals surface area contributed by atoms with E-state index >= 15 is 0 Å². The summed E-state index contributed by atoms with van der Waals surface area (Å²) in [5, 5.41) is 0. The first-order valence-corrected chi connectivity index (χ1v) is 7.75. The molecule has 0 atom stereocenters. The van der Waals surface area contributed by atoms with E-state index in [0.717, 1.165) is 52.0 Å². The molecule has 5 heteroatoms. The minimum Gasteiger partial charge on any atom is -0.378 e. The number of hydrogen-bond acceptors (Lipinski definition) is 4. The molecule has 1 fully saturated rings. The second-order valence-electron chi connectivity index (χ2n) is 5.87. The van der Waals surface area contributed by atoms with Crippen molar-refractivity contribution in [2.24, 2.45) is 5.73 Å². The quantitative estimate of drug-likeness (QED) is 0.774. The Morgan fingerprint density at radius 1 is 1.40 bits per heavy atom. The fraction of sp³-hybridized carbons (Fsp3) is 0.800. The van der Waals surface area contributed by atoms with Crippen LogP contribution in [-0.4, -0.2) is 46.8 Å². The number of hydrogen-bond donors (Lipinski definition) is 1. The largest absolute Gasteiger partial charge is 0.378 e. The van der Waals surface area contributed by atoms with E-state index in [2.05, 4.69) is 28.3 Å². The number of nitrogens with zero attached hydrogens (tertiary/aromatic N) is 3. The summed E-state index contributed by atoms with van der Waals surface area (Å²) in [5.41, 5.74) is 6.79. The molecular weight excluding hydrogens is 252 g/mol. The molecule has 0 unspecified atom stereocenters. The van der Waals surface area contributed by atoms with Gasteiger partial charge in [0.25, 0.3) is 0 Å². The molecule has 2 rings (SSSR count). The van der Waals surface area contributed by atoms with Gasteiger partial charge < -0.3 is 15.0 Å². The predicted octanol–water partition coefficient (Wildman–Crippen LogP) is 1.79. The average molecular weight is 280 g/mol. The third kappa shape index (κ3) is 4.30. The summed E-state index contributed by atoms with van der Waals surface area (Å²) in [7, 11) is 0. The lowest BCUT2D eigenvalue weighted by Gasteiger charge is -2.32. The summed E-state index contributed by atoms with van der Waals surface area (Å²) < 4.78 is 8.10. The number of ether oxygens (including phenoxy) is 1. The molecule has 5 nitrogen and oxygen atoms in total. The van der Waals surface area contributed by atoms with Crippen molar-refractivity contribution in [2.75, 3.05) is 26.2 Å². The molecule has 2 heterocycles. The van der Waals surface area contributed by atoms with E-state index in [1.165, 1.54) is 5.69 Å². The van der Waals surface area contributed by atoms with Crippen molar-refractivity contribution < 1.29 is 4.74 Å². The van der Waals surface area contributed by atoms with Gasteiger partial charge in [0.1, 0.15) is 0 Å². The van der Waals surface area contributed by atoms with E-state index in [1.807, 2.05) is 12.5 Å². The highest BCUT2D eigenvalue weighted by molar-refractivity contribution is 5.00. The molecule has 1 aliphatic rings. The fourth-order valence-electron chi connectivity index (χ4n) is 2.72. The number of imidazole rings is 1. The van der Waals surface area contributed by atoms with Crippen LogP contribution in [0.1, 0.15) is 44.8 Å². The van der Waals surface area contributed by atoms with Gasteiger partial charge in [0, 0.05) is 38.5 Å². The van der Waals surface area contributed by atoms with Crippen molar-refractivity contribution in [2.45, 2.75) is 51.8 Å². The molecule has 1 aliphatic heterocycles. The van der Waals surface area contributed by atoms with Crippen LogP contribution in [0.25, 0.3) is 0 Å². The van der Waals surface area contributed by atoms with Gasteiger partial charge in [0.15, 0.2) is 0 Å². The zero-order valence-corrected chi connectivity index (χ0v) is 12.8. The number of aromatic nitrogens is 2. The van der Waals surface area contributed by atoms with E-state index in [0.29, 0.717) is 12.1 Å². The number of likely N-dealkylation sites (tertiary alicyclic amines) is 1. The molecule has 1 aromatic heterocycles. The SMILES string of the molecule is CC(C)n1cncc1CN1CCC(OCCCN)CC1.